The molecule has 2 rings (SSSR count). The molecule has 0 N–H and O–H groups in total. The SMILES string of the molecule is CCOC(=O)CC1CCCN1C(=O)c1ccccc1. The molecule has 102 valence electrons. The fraction of sp³-hybridized carbons (Fsp3) is 0.467. The first-order valence-corrected chi connectivity index (χ1v) is 6.74. The van der Waals surface area contributed by atoms with Gasteiger partial charge in [-0.3, -0.25) is 9.59 Å². The summed E-state index contributed by atoms with van der Waals surface area (Å²) in [5.41, 5.74) is 0.679. The van der Waals surface area contributed by atoms with E-state index in [0.717, 1.165) is 19.4 Å². The molecule has 1 saturated heterocycles. The van der Waals surface area contributed by atoms with Crippen LogP contribution in [0.1, 0.15) is 36.5 Å². The highest BCUT2D eigenvalue weighted by atomic mass is 16.5. The number of hydrogen-bond acceptors (Lipinski definition) is 3. The van der Waals surface area contributed by atoms with Crippen LogP contribution < -0.4 is 0 Å². The summed E-state index contributed by atoms with van der Waals surface area (Å²) in [6.45, 7) is 2.90. The van der Waals surface area contributed by atoms with E-state index in [9.17, 15) is 9.59 Å². The largest absolute Gasteiger partial charge is 0.466 e. The zero-order chi connectivity index (χ0) is 13.7. The standard InChI is InChI=1S/C15H19NO3/c1-2-19-14(17)11-13-9-6-10-16(13)15(18)12-7-4-3-5-8-12/h3-5,7-8,13H,2,6,9-11H2,1H3. The molecule has 0 aliphatic carbocycles. The highest BCUT2D eigenvalue weighted by molar-refractivity contribution is 5.94. The van der Waals surface area contributed by atoms with Gasteiger partial charge in [-0.1, -0.05) is 18.2 Å². The molecule has 0 saturated carbocycles. The maximum absolute atomic E-state index is 12.4. The summed E-state index contributed by atoms with van der Waals surface area (Å²) < 4.78 is 4.96. The Kier molecular flexibility index (Phi) is 4.55. The smallest absolute Gasteiger partial charge is 0.307 e. The molecule has 19 heavy (non-hydrogen) atoms. The second kappa shape index (κ2) is 6.36. The number of rotatable bonds is 4. The van der Waals surface area contributed by atoms with Crippen LogP contribution in [0.25, 0.3) is 0 Å². The van der Waals surface area contributed by atoms with Gasteiger partial charge in [0.15, 0.2) is 0 Å². The van der Waals surface area contributed by atoms with Crippen LogP contribution in [0.4, 0.5) is 0 Å². The van der Waals surface area contributed by atoms with Gasteiger partial charge in [0.25, 0.3) is 5.91 Å². The van der Waals surface area contributed by atoms with Crippen molar-refractivity contribution >= 4 is 11.9 Å². The lowest BCUT2D eigenvalue weighted by atomic mass is 10.1. The van der Waals surface area contributed by atoms with Gasteiger partial charge < -0.3 is 9.64 Å². The second-order valence-corrected chi connectivity index (χ2v) is 4.67. The van der Waals surface area contributed by atoms with Gasteiger partial charge in [0, 0.05) is 18.2 Å². The van der Waals surface area contributed by atoms with Crippen LogP contribution in [0.3, 0.4) is 0 Å². The lowest BCUT2D eigenvalue weighted by Crippen LogP contribution is -2.37. The first kappa shape index (κ1) is 13.6. The van der Waals surface area contributed by atoms with Crippen LogP contribution >= 0.6 is 0 Å². The lowest BCUT2D eigenvalue weighted by molar-refractivity contribution is -0.144. The lowest BCUT2D eigenvalue weighted by Gasteiger charge is -2.24. The third-order valence-electron chi connectivity index (χ3n) is 3.37. The molecule has 1 heterocycles. The molecule has 1 aromatic carbocycles. The molecule has 0 spiro atoms. The Morgan fingerprint density at radius 1 is 1.32 bits per heavy atom. The zero-order valence-electron chi connectivity index (χ0n) is 11.2. The van der Waals surface area contributed by atoms with Gasteiger partial charge in [-0.25, -0.2) is 0 Å². The van der Waals surface area contributed by atoms with Gasteiger partial charge in [-0.2, -0.15) is 0 Å². The van der Waals surface area contributed by atoms with Crippen molar-refractivity contribution in [3.63, 3.8) is 0 Å². The normalized spacial score (nSPS) is 18.4. The summed E-state index contributed by atoms with van der Waals surface area (Å²) in [5.74, 6) is -0.215. The number of ether oxygens (including phenoxy) is 1. The van der Waals surface area contributed by atoms with Crippen molar-refractivity contribution in [2.75, 3.05) is 13.2 Å². The molecule has 1 fully saturated rings. The van der Waals surface area contributed by atoms with Gasteiger partial charge in [-0.05, 0) is 31.9 Å². The fourth-order valence-electron chi connectivity index (χ4n) is 2.47. The van der Waals surface area contributed by atoms with Crippen LogP contribution in [-0.4, -0.2) is 36.0 Å². The van der Waals surface area contributed by atoms with Crippen molar-refractivity contribution in [3.05, 3.63) is 35.9 Å². The average Bonchev–Trinajstić information content (AvgIpc) is 2.87. The molecule has 4 nitrogen and oxygen atoms in total. The maximum Gasteiger partial charge on any atom is 0.307 e. The summed E-state index contributed by atoms with van der Waals surface area (Å²) in [7, 11) is 0. The van der Waals surface area contributed by atoms with Crippen molar-refractivity contribution in [1.82, 2.24) is 4.90 Å². The summed E-state index contributed by atoms with van der Waals surface area (Å²) in [4.78, 5) is 25.7. The molecule has 1 aromatic rings. The predicted octanol–water partition coefficient (Wildman–Crippen LogP) is 2.24. The van der Waals surface area contributed by atoms with Gasteiger partial charge in [0.2, 0.25) is 0 Å². The molecule has 1 amide bonds. The van der Waals surface area contributed by atoms with Crippen molar-refractivity contribution in [2.45, 2.75) is 32.2 Å². The summed E-state index contributed by atoms with van der Waals surface area (Å²) in [6.07, 6.45) is 2.12. The number of carbonyl (C=O) groups excluding carboxylic acids is 2. The van der Waals surface area contributed by atoms with E-state index in [2.05, 4.69) is 0 Å². The maximum atomic E-state index is 12.4. The Morgan fingerprint density at radius 3 is 2.74 bits per heavy atom. The number of hydrogen-bond donors (Lipinski definition) is 0. The summed E-state index contributed by atoms with van der Waals surface area (Å²) in [6, 6.07) is 9.18. The number of esters is 1. The highest BCUT2D eigenvalue weighted by Gasteiger charge is 2.31. The highest BCUT2D eigenvalue weighted by Crippen LogP contribution is 2.22. The number of benzene rings is 1. The summed E-state index contributed by atoms with van der Waals surface area (Å²) >= 11 is 0. The van der Waals surface area contributed by atoms with Crippen LogP contribution in [0.15, 0.2) is 30.3 Å². The van der Waals surface area contributed by atoms with Crippen LogP contribution in [0, 0.1) is 0 Å². The Balaban J connectivity index is 2.02. The van der Waals surface area contributed by atoms with Gasteiger partial charge in [-0.15, -0.1) is 0 Å². The molecule has 4 heteroatoms. The first-order valence-electron chi connectivity index (χ1n) is 6.74. The van der Waals surface area contributed by atoms with E-state index in [0.29, 0.717) is 18.6 Å². The third kappa shape index (κ3) is 3.34. The van der Waals surface area contributed by atoms with Crippen molar-refractivity contribution in [1.29, 1.82) is 0 Å². The van der Waals surface area contributed by atoms with E-state index in [4.69, 9.17) is 4.74 Å². The van der Waals surface area contributed by atoms with Crippen molar-refractivity contribution < 1.29 is 14.3 Å². The minimum absolute atomic E-state index is 0.00685. The Bertz CT molecular complexity index is 444. The molecular weight excluding hydrogens is 242 g/mol. The molecule has 0 radical (unpaired) electrons. The number of carbonyl (C=O) groups is 2. The minimum Gasteiger partial charge on any atom is -0.466 e. The average molecular weight is 261 g/mol. The molecule has 1 atom stereocenters. The molecule has 1 aliphatic rings. The molecule has 1 unspecified atom stereocenters. The quantitative estimate of drug-likeness (QED) is 0.781. The van der Waals surface area contributed by atoms with E-state index in [1.165, 1.54) is 0 Å². The third-order valence-corrected chi connectivity index (χ3v) is 3.37. The minimum atomic E-state index is -0.222. The molecular formula is C15H19NO3. The van der Waals surface area contributed by atoms with E-state index in [-0.39, 0.29) is 17.9 Å². The van der Waals surface area contributed by atoms with Crippen LogP contribution in [0.2, 0.25) is 0 Å². The monoisotopic (exact) mass is 261 g/mol. The summed E-state index contributed by atoms with van der Waals surface area (Å²) in [5, 5.41) is 0. The Hall–Kier alpha value is -1.84. The van der Waals surface area contributed by atoms with Gasteiger partial charge in [0.05, 0.1) is 13.0 Å². The Morgan fingerprint density at radius 2 is 2.05 bits per heavy atom. The van der Waals surface area contributed by atoms with E-state index >= 15 is 0 Å². The topological polar surface area (TPSA) is 46.6 Å². The van der Waals surface area contributed by atoms with Crippen molar-refractivity contribution in [3.8, 4) is 0 Å². The second-order valence-electron chi connectivity index (χ2n) is 4.67. The van der Waals surface area contributed by atoms with Crippen molar-refractivity contribution in [2.24, 2.45) is 0 Å². The molecule has 0 bridgehead atoms. The van der Waals surface area contributed by atoms with E-state index in [1.54, 1.807) is 11.8 Å². The zero-order valence-corrected chi connectivity index (χ0v) is 11.2. The van der Waals surface area contributed by atoms with E-state index < -0.39 is 0 Å². The Labute approximate surface area is 113 Å². The van der Waals surface area contributed by atoms with Crippen LogP contribution in [-0.2, 0) is 9.53 Å². The fourth-order valence-corrected chi connectivity index (χ4v) is 2.47. The predicted molar refractivity (Wildman–Crippen MR) is 71.8 cm³/mol. The molecule has 1 aliphatic heterocycles. The first-order chi connectivity index (χ1) is 9.22. The molecule has 0 aromatic heterocycles. The number of likely N-dealkylation sites (tertiary alicyclic amines) is 1. The van der Waals surface area contributed by atoms with Crippen LogP contribution in [0.5, 0.6) is 0 Å². The van der Waals surface area contributed by atoms with E-state index in [1.807, 2.05) is 30.3 Å². The number of nitrogens with zero attached hydrogens (tertiary/aromatic N) is 1. The number of amides is 1. The van der Waals surface area contributed by atoms with Gasteiger partial charge in [0.1, 0.15) is 0 Å². The van der Waals surface area contributed by atoms with Gasteiger partial charge >= 0.3 is 5.97 Å².